The molecule has 3 aromatic rings. The summed E-state index contributed by atoms with van der Waals surface area (Å²) in [5.41, 5.74) is 7.32. The Hall–Kier alpha value is -2.74. The summed E-state index contributed by atoms with van der Waals surface area (Å²) in [5, 5.41) is 0. The molecule has 0 heterocycles. The normalized spacial score (nSPS) is 10.5. The van der Waals surface area contributed by atoms with Gasteiger partial charge in [-0.2, -0.15) is 0 Å². The smallest absolute Gasteiger partial charge is 0.0410 e. The second kappa shape index (κ2) is 6.79. The van der Waals surface area contributed by atoms with Crippen LogP contribution in [0.2, 0.25) is 0 Å². The lowest BCUT2D eigenvalue weighted by atomic mass is 10.1. The number of anilines is 4. The lowest BCUT2D eigenvalue weighted by molar-refractivity contribution is 1.18. The number of hydrogen-bond acceptors (Lipinski definition) is 2. The van der Waals surface area contributed by atoms with E-state index in [0.29, 0.717) is 0 Å². The largest absolute Gasteiger partial charge is 0.345 e. The van der Waals surface area contributed by atoms with E-state index in [4.69, 9.17) is 0 Å². The Morgan fingerprint density at radius 1 is 0.500 bits per heavy atom. The van der Waals surface area contributed by atoms with Crippen LogP contribution in [0, 0.1) is 13.8 Å². The van der Waals surface area contributed by atoms with E-state index in [1.807, 2.05) is 0 Å². The molecule has 3 rings (SSSR count). The zero-order chi connectivity index (χ0) is 17.1. The Morgan fingerprint density at radius 2 is 0.875 bits per heavy atom. The number of aryl methyl sites for hydroxylation is 2. The molecule has 0 aliphatic rings. The van der Waals surface area contributed by atoms with Crippen LogP contribution in [-0.2, 0) is 0 Å². The highest BCUT2D eigenvalue weighted by molar-refractivity contribution is 5.69. The summed E-state index contributed by atoms with van der Waals surface area (Å²) in [6.07, 6.45) is 0. The van der Waals surface area contributed by atoms with Crippen LogP contribution in [0.25, 0.3) is 0 Å². The maximum atomic E-state index is 2.21. The van der Waals surface area contributed by atoms with Gasteiger partial charge in [0.2, 0.25) is 0 Å². The minimum Gasteiger partial charge on any atom is -0.345 e. The van der Waals surface area contributed by atoms with Crippen LogP contribution in [0.3, 0.4) is 0 Å². The van der Waals surface area contributed by atoms with Gasteiger partial charge in [-0.3, -0.25) is 0 Å². The second-order valence-corrected chi connectivity index (χ2v) is 6.31. The van der Waals surface area contributed by atoms with E-state index in [9.17, 15) is 0 Å². The molecule has 0 aliphatic heterocycles. The van der Waals surface area contributed by atoms with Gasteiger partial charge in [-0.1, -0.05) is 24.3 Å². The van der Waals surface area contributed by atoms with Crippen LogP contribution in [-0.4, -0.2) is 14.1 Å². The van der Waals surface area contributed by atoms with Crippen molar-refractivity contribution >= 4 is 22.7 Å². The third kappa shape index (κ3) is 3.43. The molecule has 0 unspecified atom stereocenters. The SMILES string of the molecule is Cc1cccc(N(C)c2ccc(N(C)c3cccc(C)c3)cc2)c1. The van der Waals surface area contributed by atoms with Crippen molar-refractivity contribution < 1.29 is 0 Å². The van der Waals surface area contributed by atoms with Crippen LogP contribution in [0.4, 0.5) is 22.7 Å². The molecule has 2 heteroatoms. The van der Waals surface area contributed by atoms with E-state index in [1.54, 1.807) is 0 Å². The van der Waals surface area contributed by atoms with Crippen LogP contribution < -0.4 is 9.80 Å². The molecule has 0 radical (unpaired) electrons. The molecular formula is C22H24N2. The molecule has 0 aliphatic carbocycles. The summed E-state index contributed by atoms with van der Waals surface area (Å²) >= 11 is 0. The average Bonchev–Trinajstić information content (AvgIpc) is 2.60. The van der Waals surface area contributed by atoms with Crippen molar-refractivity contribution in [2.45, 2.75) is 13.8 Å². The van der Waals surface area contributed by atoms with Gasteiger partial charge in [-0.25, -0.2) is 0 Å². The maximum absolute atomic E-state index is 2.21. The van der Waals surface area contributed by atoms with Crippen LogP contribution in [0.5, 0.6) is 0 Å². The second-order valence-electron chi connectivity index (χ2n) is 6.31. The number of nitrogens with zero attached hydrogens (tertiary/aromatic N) is 2. The lowest BCUT2D eigenvalue weighted by Crippen LogP contribution is -2.11. The minimum absolute atomic E-state index is 1.18. The molecule has 0 atom stereocenters. The fourth-order valence-electron chi connectivity index (χ4n) is 2.87. The molecule has 3 aromatic carbocycles. The summed E-state index contributed by atoms with van der Waals surface area (Å²) in [7, 11) is 4.21. The maximum Gasteiger partial charge on any atom is 0.0410 e. The first-order valence-corrected chi connectivity index (χ1v) is 8.25. The predicted octanol–water partition coefficient (Wildman–Crippen LogP) is 5.84. The van der Waals surface area contributed by atoms with E-state index >= 15 is 0 Å². The average molecular weight is 316 g/mol. The van der Waals surface area contributed by atoms with Crippen molar-refractivity contribution in [2.24, 2.45) is 0 Å². The summed E-state index contributed by atoms with van der Waals surface area (Å²) in [6, 6.07) is 25.8. The van der Waals surface area contributed by atoms with Gasteiger partial charge in [-0.05, 0) is 73.5 Å². The van der Waals surface area contributed by atoms with E-state index in [0.717, 1.165) is 0 Å². The molecule has 0 saturated carbocycles. The molecule has 0 N–H and O–H groups in total. The van der Waals surface area contributed by atoms with Crippen molar-refractivity contribution in [1.82, 2.24) is 0 Å². The highest BCUT2D eigenvalue weighted by Gasteiger charge is 2.07. The molecule has 122 valence electrons. The van der Waals surface area contributed by atoms with Crippen LogP contribution in [0.15, 0.2) is 72.8 Å². The monoisotopic (exact) mass is 316 g/mol. The van der Waals surface area contributed by atoms with Gasteiger partial charge in [-0.15, -0.1) is 0 Å². The first kappa shape index (κ1) is 16.1. The summed E-state index contributed by atoms with van der Waals surface area (Å²) in [5.74, 6) is 0. The van der Waals surface area contributed by atoms with Crippen molar-refractivity contribution in [2.75, 3.05) is 23.9 Å². The van der Waals surface area contributed by atoms with E-state index < -0.39 is 0 Å². The molecular weight excluding hydrogens is 292 g/mol. The molecule has 0 saturated heterocycles. The highest BCUT2D eigenvalue weighted by atomic mass is 15.1. The van der Waals surface area contributed by atoms with E-state index in [-0.39, 0.29) is 0 Å². The third-order valence-electron chi connectivity index (χ3n) is 4.40. The van der Waals surface area contributed by atoms with E-state index in [1.165, 1.54) is 33.9 Å². The van der Waals surface area contributed by atoms with Crippen molar-refractivity contribution in [3.8, 4) is 0 Å². The molecule has 0 amide bonds. The summed E-state index contributed by atoms with van der Waals surface area (Å²) < 4.78 is 0. The summed E-state index contributed by atoms with van der Waals surface area (Å²) in [6.45, 7) is 4.24. The van der Waals surface area contributed by atoms with Gasteiger partial charge in [0.25, 0.3) is 0 Å². The Labute approximate surface area is 145 Å². The number of benzene rings is 3. The Kier molecular flexibility index (Phi) is 4.57. The number of hydrogen-bond donors (Lipinski definition) is 0. The molecule has 0 bridgehead atoms. The van der Waals surface area contributed by atoms with Crippen LogP contribution >= 0.6 is 0 Å². The third-order valence-corrected chi connectivity index (χ3v) is 4.40. The van der Waals surface area contributed by atoms with Gasteiger partial charge >= 0.3 is 0 Å². The molecule has 0 fully saturated rings. The van der Waals surface area contributed by atoms with Gasteiger partial charge < -0.3 is 9.80 Å². The standard InChI is InChI=1S/C22H24N2/c1-17-7-5-9-21(15-17)23(3)19-11-13-20(14-12-19)24(4)22-10-6-8-18(2)16-22/h5-16H,1-4H3. The fourth-order valence-corrected chi connectivity index (χ4v) is 2.87. The van der Waals surface area contributed by atoms with Gasteiger partial charge in [0.05, 0.1) is 0 Å². The quantitative estimate of drug-likeness (QED) is 0.596. The topological polar surface area (TPSA) is 6.48 Å². The summed E-state index contributed by atoms with van der Waals surface area (Å²) in [4.78, 5) is 4.42. The molecule has 2 nitrogen and oxygen atoms in total. The predicted molar refractivity (Wildman–Crippen MR) is 105 cm³/mol. The van der Waals surface area contributed by atoms with Crippen molar-refractivity contribution in [3.63, 3.8) is 0 Å². The minimum atomic E-state index is 1.18. The Balaban J connectivity index is 1.82. The zero-order valence-electron chi connectivity index (χ0n) is 14.8. The first-order chi connectivity index (χ1) is 11.5. The Morgan fingerprint density at radius 3 is 1.21 bits per heavy atom. The molecule has 0 spiro atoms. The Bertz CT molecular complexity index is 751. The van der Waals surface area contributed by atoms with Gasteiger partial charge in [0, 0.05) is 36.8 Å². The van der Waals surface area contributed by atoms with Crippen molar-refractivity contribution in [1.29, 1.82) is 0 Å². The van der Waals surface area contributed by atoms with Crippen LogP contribution in [0.1, 0.15) is 11.1 Å². The van der Waals surface area contributed by atoms with Crippen molar-refractivity contribution in [3.05, 3.63) is 83.9 Å². The first-order valence-electron chi connectivity index (χ1n) is 8.25. The van der Waals surface area contributed by atoms with E-state index in [2.05, 4.69) is 111 Å². The van der Waals surface area contributed by atoms with Gasteiger partial charge in [0.1, 0.15) is 0 Å². The fraction of sp³-hybridized carbons (Fsp3) is 0.182. The lowest BCUT2D eigenvalue weighted by Gasteiger charge is -2.23. The zero-order valence-corrected chi connectivity index (χ0v) is 14.8. The molecule has 0 aromatic heterocycles. The highest BCUT2D eigenvalue weighted by Crippen LogP contribution is 2.29. The van der Waals surface area contributed by atoms with Gasteiger partial charge in [0.15, 0.2) is 0 Å². The number of rotatable bonds is 4. The molecule has 24 heavy (non-hydrogen) atoms.